The average Bonchev–Trinajstić information content (AvgIpc) is 3.46. The van der Waals surface area contributed by atoms with E-state index in [2.05, 4.69) is 9.71 Å². The van der Waals surface area contributed by atoms with Crippen LogP contribution in [-0.4, -0.2) is 31.8 Å². The maximum atomic E-state index is 12.4. The summed E-state index contributed by atoms with van der Waals surface area (Å²) in [5.41, 5.74) is 1.39. The van der Waals surface area contributed by atoms with Crippen LogP contribution in [0.4, 0.5) is 0 Å². The van der Waals surface area contributed by atoms with Crippen molar-refractivity contribution in [1.29, 1.82) is 0 Å². The number of sulfonamides is 1. The van der Waals surface area contributed by atoms with Gasteiger partial charge in [0.2, 0.25) is 15.8 Å². The Hall–Kier alpha value is -3.69. The molecule has 2 aromatic heterocycles. The van der Waals surface area contributed by atoms with Gasteiger partial charge in [-0.1, -0.05) is 18.2 Å². The normalized spacial score (nSPS) is 11.5. The molecule has 0 fully saturated rings. The van der Waals surface area contributed by atoms with E-state index in [0.717, 1.165) is 10.9 Å². The minimum absolute atomic E-state index is 0.00882. The molecule has 158 valence electrons. The van der Waals surface area contributed by atoms with Crippen molar-refractivity contribution in [2.45, 2.75) is 11.4 Å². The molecule has 31 heavy (non-hydrogen) atoms. The van der Waals surface area contributed by atoms with Crippen LogP contribution in [0.15, 0.2) is 82.4 Å². The molecule has 0 saturated carbocycles. The summed E-state index contributed by atoms with van der Waals surface area (Å²) in [7, 11) is -3.77. The first-order valence-electron chi connectivity index (χ1n) is 9.32. The van der Waals surface area contributed by atoms with E-state index in [1.165, 1.54) is 30.5 Å². The molecule has 0 amide bonds. The van der Waals surface area contributed by atoms with Crippen molar-refractivity contribution in [1.82, 2.24) is 9.71 Å². The average molecular weight is 438 g/mol. The predicted molar refractivity (Wildman–Crippen MR) is 112 cm³/mol. The Balaban J connectivity index is 1.37. The number of aromatic nitrogens is 1. The summed E-state index contributed by atoms with van der Waals surface area (Å²) in [5, 5.41) is 0.750. The van der Waals surface area contributed by atoms with Crippen molar-refractivity contribution in [3.8, 4) is 0 Å². The van der Waals surface area contributed by atoms with Gasteiger partial charge in [-0.3, -0.25) is 4.79 Å². The topological polar surface area (TPSA) is 118 Å². The Morgan fingerprint density at radius 2 is 1.77 bits per heavy atom. The molecule has 0 atom stereocenters. The lowest BCUT2D eigenvalue weighted by Gasteiger charge is -2.07. The lowest BCUT2D eigenvalue weighted by atomic mass is 10.1. The molecule has 0 spiro atoms. The van der Waals surface area contributed by atoms with Gasteiger partial charge in [-0.05, 0) is 42.5 Å². The number of rotatable bonds is 8. The lowest BCUT2D eigenvalue weighted by molar-refractivity contribution is 0.0475. The summed E-state index contributed by atoms with van der Waals surface area (Å²) < 4.78 is 37.3. The van der Waals surface area contributed by atoms with Crippen LogP contribution in [-0.2, 0) is 21.3 Å². The highest BCUT2D eigenvalue weighted by Crippen LogP contribution is 2.18. The molecule has 0 radical (unpaired) electrons. The van der Waals surface area contributed by atoms with Gasteiger partial charge in [0.25, 0.3) is 0 Å². The smallest absolute Gasteiger partial charge is 0.338 e. The second-order valence-corrected chi connectivity index (χ2v) is 8.44. The second-order valence-electron chi connectivity index (χ2n) is 6.68. The number of ketones is 1. The quantitative estimate of drug-likeness (QED) is 0.322. The SMILES string of the molecule is O=C(OCC(=O)c1c[nH]c2ccccc12)c1ccc(S(=O)(=O)NCc2ccco2)cc1. The molecule has 0 aliphatic rings. The molecule has 0 saturated heterocycles. The van der Waals surface area contributed by atoms with Gasteiger partial charge >= 0.3 is 5.97 Å². The molecule has 0 aliphatic heterocycles. The van der Waals surface area contributed by atoms with E-state index in [-0.39, 0.29) is 22.8 Å². The fraction of sp³-hybridized carbons (Fsp3) is 0.0909. The first-order chi connectivity index (χ1) is 14.9. The highest BCUT2D eigenvalue weighted by molar-refractivity contribution is 7.89. The van der Waals surface area contributed by atoms with Gasteiger partial charge in [0, 0.05) is 22.7 Å². The number of esters is 1. The largest absolute Gasteiger partial charge is 0.468 e. The van der Waals surface area contributed by atoms with Crippen molar-refractivity contribution in [3.05, 3.63) is 90.0 Å². The van der Waals surface area contributed by atoms with Gasteiger partial charge in [-0.15, -0.1) is 0 Å². The Morgan fingerprint density at radius 3 is 2.52 bits per heavy atom. The third kappa shape index (κ3) is 4.57. The van der Waals surface area contributed by atoms with E-state index in [9.17, 15) is 18.0 Å². The van der Waals surface area contributed by atoms with Crippen LogP contribution in [0.5, 0.6) is 0 Å². The number of para-hydroxylation sites is 1. The molecule has 0 unspecified atom stereocenters. The molecule has 8 nitrogen and oxygen atoms in total. The number of aromatic amines is 1. The third-order valence-electron chi connectivity index (χ3n) is 4.64. The number of nitrogens with one attached hydrogen (secondary N) is 2. The van der Waals surface area contributed by atoms with E-state index in [4.69, 9.17) is 9.15 Å². The first kappa shape index (κ1) is 20.6. The fourth-order valence-corrected chi connectivity index (χ4v) is 4.02. The molecule has 4 aromatic rings. The fourth-order valence-electron chi connectivity index (χ4n) is 3.03. The molecular formula is C22H18N2O6S. The zero-order chi connectivity index (χ0) is 21.8. The zero-order valence-corrected chi connectivity index (χ0v) is 17.0. The van der Waals surface area contributed by atoms with Gasteiger partial charge in [0.15, 0.2) is 6.61 Å². The summed E-state index contributed by atoms with van der Waals surface area (Å²) in [6, 6.07) is 15.9. The van der Waals surface area contributed by atoms with Crippen LogP contribution < -0.4 is 4.72 Å². The standard InChI is InChI=1S/C22H18N2O6S/c25-21(19-13-23-20-6-2-1-5-18(19)20)14-30-22(26)15-7-9-17(10-8-15)31(27,28)24-12-16-4-3-11-29-16/h1-11,13,23-24H,12,14H2. The molecule has 0 bridgehead atoms. The van der Waals surface area contributed by atoms with Gasteiger partial charge < -0.3 is 14.1 Å². The molecule has 2 heterocycles. The van der Waals surface area contributed by atoms with Crippen LogP contribution in [0.3, 0.4) is 0 Å². The number of hydrogen-bond donors (Lipinski definition) is 2. The van der Waals surface area contributed by atoms with Gasteiger partial charge in [-0.25, -0.2) is 17.9 Å². The van der Waals surface area contributed by atoms with Crippen LogP contribution in [0, 0.1) is 0 Å². The van der Waals surface area contributed by atoms with Gasteiger partial charge in [0.1, 0.15) is 5.76 Å². The molecule has 2 N–H and O–H groups in total. The maximum absolute atomic E-state index is 12.4. The van der Waals surface area contributed by atoms with E-state index in [0.29, 0.717) is 11.3 Å². The van der Waals surface area contributed by atoms with Crippen molar-refractivity contribution >= 4 is 32.7 Å². The second kappa shape index (κ2) is 8.58. The van der Waals surface area contributed by atoms with Crippen molar-refractivity contribution < 1.29 is 27.2 Å². The number of H-pyrrole nitrogens is 1. The van der Waals surface area contributed by atoms with E-state index < -0.39 is 22.6 Å². The number of benzene rings is 2. The highest BCUT2D eigenvalue weighted by Gasteiger charge is 2.18. The van der Waals surface area contributed by atoms with Crippen molar-refractivity contribution in [2.75, 3.05) is 6.61 Å². The van der Waals surface area contributed by atoms with Gasteiger partial charge in [-0.2, -0.15) is 0 Å². The summed E-state index contributed by atoms with van der Waals surface area (Å²) in [6.07, 6.45) is 3.03. The van der Waals surface area contributed by atoms with E-state index in [1.54, 1.807) is 24.4 Å². The Labute approximate surface area is 177 Å². The lowest BCUT2D eigenvalue weighted by Crippen LogP contribution is -2.23. The monoisotopic (exact) mass is 438 g/mol. The number of carbonyl (C=O) groups excluding carboxylic acids is 2. The number of hydrogen-bond acceptors (Lipinski definition) is 6. The molecular weight excluding hydrogens is 420 g/mol. The third-order valence-corrected chi connectivity index (χ3v) is 6.06. The summed E-state index contributed by atoms with van der Waals surface area (Å²) in [6.45, 7) is -0.416. The Bertz CT molecular complexity index is 1320. The van der Waals surface area contributed by atoms with Crippen LogP contribution >= 0.6 is 0 Å². The van der Waals surface area contributed by atoms with Crippen LogP contribution in [0.25, 0.3) is 10.9 Å². The summed E-state index contributed by atoms with van der Waals surface area (Å²) in [4.78, 5) is 27.7. The van der Waals surface area contributed by atoms with Gasteiger partial charge in [0.05, 0.1) is 23.3 Å². The number of Topliss-reactive ketones (excluding diaryl/α,β-unsaturated/α-hetero) is 1. The minimum atomic E-state index is -3.77. The molecule has 0 aliphatic carbocycles. The maximum Gasteiger partial charge on any atom is 0.338 e. The summed E-state index contributed by atoms with van der Waals surface area (Å²) >= 11 is 0. The predicted octanol–water partition coefficient (Wildman–Crippen LogP) is 3.28. The molecule has 2 aromatic carbocycles. The zero-order valence-electron chi connectivity index (χ0n) is 16.2. The Morgan fingerprint density at radius 1 is 1.00 bits per heavy atom. The number of fused-ring (bicyclic) bond motifs is 1. The number of carbonyl (C=O) groups is 2. The molecule has 4 rings (SSSR count). The van der Waals surface area contributed by atoms with E-state index in [1.807, 2.05) is 18.2 Å². The first-order valence-corrected chi connectivity index (χ1v) is 10.8. The number of ether oxygens (including phenoxy) is 1. The van der Waals surface area contributed by atoms with E-state index >= 15 is 0 Å². The highest BCUT2D eigenvalue weighted by atomic mass is 32.2. The number of furan rings is 1. The molecule has 9 heteroatoms. The van der Waals surface area contributed by atoms with Crippen molar-refractivity contribution in [3.63, 3.8) is 0 Å². The van der Waals surface area contributed by atoms with Crippen molar-refractivity contribution in [2.24, 2.45) is 0 Å². The summed E-state index contributed by atoms with van der Waals surface area (Å²) in [5.74, 6) is -0.587. The van der Waals surface area contributed by atoms with Crippen LogP contribution in [0.1, 0.15) is 26.5 Å². The Kier molecular flexibility index (Phi) is 5.70. The minimum Gasteiger partial charge on any atom is -0.468 e. The van der Waals surface area contributed by atoms with Crippen LogP contribution in [0.2, 0.25) is 0 Å².